The quantitative estimate of drug-likeness (QED) is 0.551. The number of hydrogen-bond acceptors (Lipinski definition) is 9. The molecule has 28 heavy (non-hydrogen) atoms. The van der Waals surface area contributed by atoms with E-state index in [1.54, 1.807) is 6.07 Å². The molecule has 0 radical (unpaired) electrons. The van der Waals surface area contributed by atoms with Crippen LogP contribution in [0.2, 0.25) is 0 Å². The summed E-state index contributed by atoms with van der Waals surface area (Å²) in [5.41, 5.74) is 0.184. The van der Waals surface area contributed by atoms with Crippen molar-refractivity contribution in [1.82, 2.24) is 14.6 Å². The van der Waals surface area contributed by atoms with Gasteiger partial charge in [0.15, 0.2) is 11.5 Å². The first-order chi connectivity index (χ1) is 13.5. The second-order valence-corrected chi connectivity index (χ2v) is 6.63. The average molecular weight is 405 g/mol. The van der Waals surface area contributed by atoms with Gasteiger partial charge in [0.25, 0.3) is 5.56 Å². The molecule has 148 valence electrons. The first kappa shape index (κ1) is 19.6. The summed E-state index contributed by atoms with van der Waals surface area (Å²) in [4.78, 5) is 29.5. The van der Waals surface area contributed by atoms with Crippen molar-refractivity contribution in [2.24, 2.45) is 0 Å². The van der Waals surface area contributed by atoms with E-state index in [1.165, 1.54) is 49.3 Å². The van der Waals surface area contributed by atoms with Gasteiger partial charge in [0.2, 0.25) is 10.7 Å². The minimum absolute atomic E-state index is 0.165. The second kappa shape index (κ2) is 8.26. The van der Waals surface area contributed by atoms with Gasteiger partial charge < -0.3 is 18.9 Å². The van der Waals surface area contributed by atoms with Crippen molar-refractivity contribution >= 4 is 22.3 Å². The number of hydrogen-bond donors (Lipinski definition) is 0. The van der Waals surface area contributed by atoms with Gasteiger partial charge in [-0.3, -0.25) is 4.79 Å². The minimum atomic E-state index is -0.640. The number of carbonyl (C=O) groups is 1. The highest BCUT2D eigenvalue weighted by molar-refractivity contribution is 7.16. The van der Waals surface area contributed by atoms with Gasteiger partial charge in [0.1, 0.15) is 17.2 Å². The summed E-state index contributed by atoms with van der Waals surface area (Å²) in [5.74, 6) is 0.269. The maximum Gasteiger partial charge on any atom is 0.342 e. The van der Waals surface area contributed by atoms with Gasteiger partial charge in [0.05, 0.1) is 27.0 Å². The van der Waals surface area contributed by atoms with E-state index < -0.39 is 5.97 Å². The Morgan fingerprint density at radius 3 is 2.54 bits per heavy atom. The van der Waals surface area contributed by atoms with E-state index in [2.05, 4.69) is 10.1 Å². The standard InChI is InChI=1S/C18H19N3O6S/c1-5-13-20-21-14(22)8-10(19-18(21)28-13)9-27-17(23)11-6-7-12(24-2)16(26-4)15(11)25-3/h6-8H,5,9H2,1-4H3. The van der Waals surface area contributed by atoms with Crippen LogP contribution in [0.3, 0.4) is 0 Å². The number of fused-ring (bicyclic) bond motifs is 1. The molecule has 0 spiro atoms. The number of ether oxygens (including phenoxy) is 4. The number of aromatic nitrogens is 3. The Balaban J connectivity index is 1.84. The zero-order chi connectivity index (χ0) is 20.3. The molecule has 0 N–H and O–H groups in total. The molecule has 0 aliphatic rings. The summed E-state index contributed by atoms with van der Waals surface area (Å²) in [7, 11) is 4.35. The van der Waals surface area contributed by atoms with E-state index in [0.29, 0.717) is 22.8 Å². The maximum absolute atomic E-state index is 12.5. The van der Waals surface area contributed by atoms with Crippen LogP contribution in [0.25, 0.3) is 4.96 Å². The zero-order valence-corrected chi connectivity index (χ0v) is 16.7. The van der Waals surface area contributed by atoms with Gasteiger partial charge in [-0.05, 0) is 18.6 Å². The molecule has 0 unspecified atom stereocenters. The number of rotatable bonds is 7. The summed E-state index contributed by atoms with van der Waals surface area (Å²) < 4.78 is 22.3. The summed E-state index contributed by atoms with van der Waals surface area (Å²) in [6, 6.07) is 4.40. The average Bonchev–Trinajstić information content (AvgIpc) is 3.14. The smallest absolute Gasteiger partial charge is 0.342 e. The lowest BCUT2D eigenvalue weighted by Crippen LogP contribution is -2.17. The van der Waals surface area contributed by atoms with Crippen molar-refractivity contribution in [2.45, 2.75) is 20.0 Å². The van der Waals surface area contributed by atoms with Crippen LogP contribution < -0.4 is 19.8 Å². The van der Waals surface area contributed by atoms with Gasteiger partial charge in [-0.25, -0.2) is 9.78 Å². The number of methoxy groups -OCH3 is 3. The molecule has 2 aromatic heterocycles. The summed E-state index contributed by atoms with van der Waals surface area (Å²) >= 11 is 1.32. The third-order valence-electron chi connectivity index (χ3n) is 3.92. The van der Waals surface area contributed by atoms with Crippen molar-refractivity contribution in [3.8, 4) is 17.2 Å². The molecule has 9 nitrogen and oxygen atoms in total. The predicted molar refractivity (Wildman–Crippen MR) is 102 cm³/mol. The molecule has 0 atom stereocenters. The van der Waals surface area contributed by atoms with E-state index in [4.69, 9.17) is 18.9 Å². The number of carbonyl (C=O) groups excluding carboxylic acids is 1. The number of benzene rings is 1. The summed E-state index contributed by atoms with van der Waals surface area (Å²) in [5, 5.41) is 4.98. The van der Waals surface area contributed by atoms with Gasteiger partial charge in [0, 0.05) is 6.07 Å². The maximum atomic E-state index is 12.5. The molecular formula is C18H19N3O6S. The predicted octanol–water partition coefficient (Wildman–Crippen LogP) is 2.10. The van der Waals surface area contributed by atoms with Crippen LogP contribution in [0.1, 0.15) is 28.0 Å². The lowest BCUT2D eigenvalue weighted by Gasteiger charge is -2.15. The third-order valence-corrected chi connectivity index (χ3v) is 4.97. The Morgan fingerprint density at radius 2 is 1.89 bits per heavy atom. The molecule has 3 aromatic rings. The Labute approximate surface area is 164 Å². The van der Waals surface area contributed by atoms with E-state index in [1.807, 2.05) is 6.92 Å². The number of aryl methyl sites for hydroxylation is 1. The zero-order valence-electron chi connectivity index (χ0n) is 15.8. The second-order valence-electron chi connectivity index (χ2n) is 5.59. The van der Waals surface area contributed by atoms with Gasteiger partial charge in [-0.1, -0.05) is 18.3 Å². The van der Waals surface area contributed by atoms with Crippen LogP contribution >= 0.6 is 11.3 Å². The van der Waals surface area contributed by atoms with E-state index in [-0.39, 0.29) is 29.2 Å². The van der Waals surface area contributed by atoms with Crippen LogP contribution in [0.15, 0.2) is 23.0 Å². The third kappa shape index (κ3) is 3.63. The Morgan fingerprint density at radius 1 is 1.14 bits per heavy atom. The number of nitrogens with zero attached hydrogens (tertiary/aromatic N) is 3. The fraction of sp³-hybridized carbons (Fsp3) is 0.333. The van der Waals surface area contributed by atoms with Crippen LogP contribution in [0.4, 0.5) is 0 Å². The van der Waals surface area contributed by atoms with Crippen LogP contribution in [0.5, 0.6) is 17.2 Å². The molecule has 0 aliphatic heterocycles. The van der Waals surface area contributed by atoms with Crippen LogP contribution in [-0.2, 0) is 17.8 Å². The van der Waals surface area contributed by atoms with Crippen molar-refractivity contribution in [3.63, 3.8) is 0 Å². The first-order valence-electron chi connectivity index (χ1n) is 8.37. The molecule has 0 bridgehead atoms. The highest BCUT2D eigenvalue weighted by Gasteiger charge is 2.22. The Kier molecular flexibility index (Phi) is 5.78. The van der Waals surface area contributed by atoms with Crippen molar-refractivity contribution in [2.75, 3.05) is 21.3 Å². The monoisotopic (exact) mass is 405 g/mol. The highest BCUT2D eigenvalue weighted by atomic mass is 32.1. The molecule has 0 aliphatic carbocycles. The van der Waals surface area contributed by atoms with Gasteiger partial charge in [-0.15, -0.1) is 0 Å². The largest absolute Gasteiger partial charge is 0.493 e. The van der Waals surface area contributed by atoms with Gasteiger partial charge in [-0.2, -0.15) is 9.61 Å². The Bertz CT molecular complexity index is 1080. The fourth-order valence-corrected chi connectivity index (χ4v) is 3.45. The highest BCUT2D eigenvalue weighted by Crippen LogP contribution is 2.40. The number of esters is 1. The van der Waals surface area contributed by atoms with E-state index >= 15 is 0 Å². The van der Waals surface area contributed by atoms with Crippen molar-refractivity contribution in [1.29, 1.82) is 0 Å². The van der Waals surface area contributed by atoms with Crippen LogP contribution in [0, 0.1) is 0 Å². The lowest BCUT2D eigenvalue weighted by atomic mass is 10.1. The molecular weight excluding hydrogens is 386 g/mol. The molecule has 2 heterocycles. The molecule has 0 saturated carbocycles. The molecule has 10 heteroatoms. The minimum Gasteiger partial charge on any atom is -0.493 e. The molecule has 0 fully saturated rings. The topological polar surface area (TPSA) is 101 Å². The van der Waals surface area contributed by atoms with Gasteiger partial charge >= 0.3 is 5.97 Å². The summed E-state index contributed by atoms with van der Waals surface area (Å²) in [6.45, 7) is 1.78. The van der Waals surface area contributed by atoms with E-state index in [9.17, 15) is 9.59 Å². The molecule has 0 amide bonds. The summed E-state index contributed by atoms with van der Waals surface area (Å²) in [6.07, 6.45) is 0.705. The Hall–Kier alpha value is -3.14. The molecule has 1 aromatic carbocycles. The van der Waals surface area contributed by atoms with E-state index in [0.717, 1.165) is 5.01 Å². The van der Waals surface area contributed by atoms with Crippen LogP contribution in [-0.4, -0.2) is 41.9 Å². The van der Waals surface area contributed by atoms with Crippen molar-refractivity contribution < 1.29 is 23.7 Å². The molecule has 3 rings (SSSR count). The normalized spacial score (nSPS) is 10.7. The lowest BCUT2D eigenvalue weighted by molar-refractivity contribution is 0.0463. The fourth-order valence-electron chi connectivity index (χ4n) is 2.59. The SMILES string of the molecule is CCc1nn2c(=O)cc(COC(=O)c3ccc(OC)c(OC)c3OC)nc2s1. The first-order valence-corrected chi connectivity index (χ1v) is 9.18. The van der Waals surface area contributed by atoms with Crippen molar-refractivity contribution in [3.05, 3.63) is 44.8 Å². The molecule has 0 saturated heterocycles.